The lowest BCUT2D eigenvalue weighted by molar-refractivity contribution is -0.137. The van der Waals surface area contributed by atoms with Crippen molar-refractivity contribution in [3.05, 3.63) is 71.8 Å². The Morgan fingerprint density at radius 3 is 2.54 bits per heavy atom. The first-order valence-electron chi connectivity index (χ1n) is 8.37. The van der Waals surface area contributed by atoms with E-state index >= 15 is 0 Å². The van der Waals surface area contributed by atoms with Crippen LogP contribution < -0.4 is 4.74 Å². The predicted octanol–water partition coefficient (Wildman–Crippen LogP) is 5.01. The molecule has 0 aliphatic heterocycles. The van der Waals surface area contributed by atoms with Gasteiger partial charge in [-0.05, 0) is 42.2 Å². The average molecular weight is 324 g/mol. The molecule has 2 rings (SSSR count). The first-order valence-corrected chi connectivity index (χ1v) is 8.37. The van der Waals surface area contributed by atoms with Crippen LogP contribution in [0.4, 0.5) is 0 Å². The number of carbonyl (C=O) groups is 1. The summed E-state index contributed by atoms with van der Waals surface area (Å²) in [5.41, 5.74) is 3.09. The maximum atomic E-state index is 11.8. The molecule has 0 heterocycles. The highest BCUT2D eigenvalue weighted by molar-refractivity contribution is 5.91. The van der Waals surface area contributed by atoms with Gasteiger partial charge in [-0.2, -0.15) is 0 Å². The third-order valence-corrected chi connectivity index (χ3v) is 3.55. The lowest BCUT2D eigenvalue weighted by Gasteiger charge is -2.10. The van der Waals surface area contributed by atoms with Gasteiger partial charge in [-0.25, -0.2) is 4.79 Å². The van der Waals surface area contributed by atoms with Gasteiger partial charge in [0.2, 0.25) is 0 Å². The Kier molecular flexibility index (Phi) is 7.09. The van der Waals surface area contributed by atoms with Crippen LogP contribution in [0.2, 0.25) is 0 Å². The highest BCUT2D eigenvalue weighted by Crippen LogP contribution is 2.24. The van der Waals surface area contributed by atoms with Crippen LogP contribution >= 0.6 is 0 Å². The van der Waals surface area contributed by atoms with E-state index < -0.39 is 0 Å². The van der Waals surface area contributed by atoms with Crippen molar-refractivity contribution in [1.29, 1.82) is 0 Å². The van der Waals surface area contributed by atoms with E-state index in [-0.39, 0.29) is 5.97 Å². The minimum Gasteiger partial charge on any atom is -0.489 e. The summed E-state index contributed by atoms with van der Waals surface area (Å²) in [7, 11) is 0. The molecule has 2 aromatic rings. The minimum absolute atomic E-state index is 0.295. The number of hydrogen-bond acceptors (Lipinski definition) is 3. The van der Waals surface area contributed by atoms with Gasteiger partial charge in [-0.15, -0.1) is 0 Å². The fourth-order valence-corrected chi connectivity index (χ4v) is 2.42. The Morgan fingerprint density at radius 2 is 1.83 bits per heavy atom. The van der Waals surface area contributed by atoms with Gasteiger partial charge in [-0.3, -0.25) is 0 Å². The molecular formula is C21H24O3. The molecule has 0 aliphatic rings. The van der Waals surface area contributed by atoms with Crippen molar-refractivity contribution in [3.8, 4) is 5.75 Å². The van der Waals surface area contributed by atoms with Crippen molar-refractivity contribution in [2.45, 2.75) is 33.3 Å². The first kappa shape index (κ1) is 17.8. The highest BCUT2D eigenvalue weighted by atomic mass is 16.5. The number of rotatable bonds is 8. The van der Waals surface area contributed by atoms with Gasteiger partial charge >= 0.3 is 5.97 Å². The number of esters is 1. The molecule has 0 saturated carbocycles. The van der Waals surface area contributed by atoms with Gasteiger partial charge in [0, 0.05) is 6.08 Å². The van der Waals surface area contributed by atoms with E-state index in [0.717, 1.165) is 35.3 Å². The quantitative estimate of drug-likeness (QED) is 0.505. The van der Waals surface area contributed by atoms with Gasteiger partial charge in [0.15, 0.2) is 0 Å². The molecule has 126 valence electrons. The van der Waals surface area contributed by atoms with Gasteiger partial charge in [0.05, 0.1) is 6.61 Å². The summed E-state index contributed by atoms with van der Waals surface area (Å²) in [6.07, 6.45) is 3.37. The lowest BCUT2D eigenvalue weighted by Crippen LogP contribution is -2.01. The first-order chi connectivity index (χ1) is 11.7. The van der Waals surface area contributed by atoms with Crippen LogP contribution in [0, 0.1) is 0 Å². The van der Waals surface area contributed by atoms with Crippen LogP contribution in [-0.4, -0.2) is 12.6 Å². The van der Waals surface area contributed by atoms with Crippen LogP contribution in [0.3, 0.4) is 0 Å². The summed E-state index contributed by atoms with van der Waals surface area (Å²) in [6, 6.07) is 17.9. The molecule has 24 heavy (non-hydrogen) atoms. The van der Waals surface area contributed by atoms with Gasteiger partial charge in [0.1, 0.15) is 12.4 Å². The standard InChI is InChI=1S/C21H24O3/c1-3-9-18(15-21(22)23-4-2)19-12-8-13-20(14-19)24-16-17-10-6-5-7-11-17/h5-8,10-15H,3-4,9,16H2,1-2H3/b18-15+. The molecule has 0 aromatic heterocycles. The number of ether oxygens (including phenoxy) is 2. The topological polar surface area (TPSA) is 35.5 Å². The molecular weight excluding hydrogens is 300 g/mol. The van der Waals surface area contributed by atoms with Gasteiger partial charge < -0.3 is 9.47 Å². The van der Waals surface area contributed by atoms with Gasteiger partial charge in [-0.1, -0.05) is 55.8 Å². The normalized spacial score (nSPS) is 11.2. The van der Waals surface area contributed by atoms with E-state index in [0.29, 0.717) is 13.2 Å². The summed E-state index contributed by atoms with van der Waals surface area (Å²) in [4.78, 5) is 11.8. The second-order valence-electron chi connectivity index (χ2n) is 5.47. The van der Waals surface area contributed by atoms with Crippen LogP contribution in [0.25, 0.3) is 5.57 Å². The molecule has 0 amide bonds. The molecule has 0 bridgehead atoms. The molecule has 0 radical (unpaired) electrons. The number of hydrogen-bond donors (Lipinski definition) is 0. The molecule has 0 unspecified atom stereocenters. The molecule has 0 spiro atoms. The van der Waals surface area contributed by atoms with E-state index in [1.165, 1.54) is 0 Å². The van der Waals surface area contributed by atoms with Crippen LogP contribution in [0.15, 0.2) is 60.7 Å². The fourth-order valence-electron chi connectivity index (χ4n) is 2.42. The summed E-state index contributed by atoms with van der Waals surface area (Å²) in [6.45, 7) is 4.81. The maximum absolute atomic E-state index is 11.8. The summed E-state index contributed by atoms with van der Waals surface area (Å²) < 4.78 is 10.9. The van der Waals surface area contributed by atoms with Crippen LogP contribution in [0.1, 0.15) is 37.8 Å². The zero-order chi connectivity index (χ0) is 17.2. The molecule has 3 nitrogen and oxygen atoms in total. The van der Waals surface area contributed by atoms with Crippen molar-refractivity contribution < 1.29 is 14.3 Å². The number of carbonyl (C=O) groups excluding carboxylic acids is 1. The second kappa shape index (κ2) is 9.56. The molecule has 3 heteroatoms. The molecule has 0 saturated heterocycles. The van der Waals surface area contributed by atoms with Crippen molar-refractivity contribution >= 4 is 11.5 Å². The average Bonchev–Trinajstić information content (AvgIpc) is 2.61. The van der Waals surface area contributed by atoms with Crippen LogP contribution in [0.5, 0.6) is 5.75 Å². The fraction of sp³-hybridized carbons (Fsp3) is 0.286. The molecule has 0 atom stereocenters. The molecule has 2 aromatic carbocycles. The monoisotopic (exact) mass is 324 g/mol. The summed E-state index contributed by atoms with van der Waals surface area (Å²) in [5.74, 6) is 0.499. The van der Waals surface area contributed by atoms with E-state index in [4.69, 9.17) is 9.47 Å². The third kappa shape index (κ3) is 5.58. The zero-order valence-electron chi connectivity index (χ0n) is 14.3. The van der Waals surface area contributed by atoms with Crippen molar-refractivity contribution in [2.24, 2.45) is 0 Å². The molecule has 0 N–H and O–H groups in total. The lowest BCUT2D eigenvalue weighted by atomic mass is 10.0. The number of allylic oxidation sites excluding steroid dienone is 1. The highest BCUT2D eigenvalue weighted by Gasteiger charge is 2.07. The van der Waals surface area contributed by atoms with E-state index in [1.807, 2.05) is 61.5 Å². The largest absolute Gasteiger partial charge is 0.489 e. The Labute approximate surface area is 143 Å². The van der Waals surface area contributed by atoms with E-state index in [1.54, 1.807) is 6.08 Å². The maximum Gasteiger partial charge on any atom is 0.331 e. The van der Waals surface area contributed by atoms with Crippen molar-refractivity contribution in [2.75, 3.05) is 6.61 Å². The summed E-state index contributed by atoms with van der Waals surface area (Å²) in [5, 5.41) is 0. The van der Waals surface area contributed by atoms with E-state index in [9.17, 15) is 4.79 Å². The van der Waals surface area contributed by atoms with Crippen molar-refractivity contribution in [1.82, 2.24) is 0 Å². The summed E-state index contributed by atoms with van der Waals surface area (Å²) >= 11 is 0. The Hall–Kier alpha value is -2.55. The predicted molar refractivity (Wildman–Crippen MR) is 96.7 cm³/mol. The zero-order valence-corrected chi connectivity index (χ0v) is 14.3. The Morgan fingerprint density at radius 1 is 1.04 bits per heavy atom. The second-order valence-corrected chi connectivity index (χ2v) is 5.47. The Bertz CT molecular complexity index is 674. The van der Waals surface area contributed by atoms with E-state index in [2.05, 4.69) is 6.92 Å². The Balaban J connectivity index is 2.12. The third-order valence-electron chi connectivity index (χ3n) is 3.55. The SMILES string of the molecule is CCC/C(=C\C(=O)OCC)c1cccc(OCc2ccccc2)c1. The molecule has 0 aliphatic carbocycles. The smallest absolute Gasteiger partial charge is 0.331 e. The molecule has 0 fully saturated rings. The van der Waals surface area contributed by atoms with Crippen LogP contribution in [-0.2, 0) is 16.1 Å². The number of benzene rings is 2. The van der Waals surface area contributed by atoms with Crippen molar-refractivity contribution in [3.63, 3.8) is 0 Å². The van der Waals surface area contributed by atoms with Gasteiger partial charge in [0.25, 0.3) is 0 Å². The minimum atomic E-state index is -0.295.